The van der Waals surface area contributed by atoms with E-state index < -0.39 is 5.91 Å². The first-order valence-electron chi connectivity index (χ1n) is 11.8. The number of hydrazone groups is 1. The Morgan fingerprint density at radius 3 is 2.39 bits per heavy atom. The summed E-state index contributed by atoms with van der Waals surface area (Å²) < 4.78 is 26.1. The Morgan fingerprint density at radius 1 is 1.03 bits per heavy atom. The second kappa shape index (κ2) is 12.4. The highest BCUT2D eigenvalue weighted by Crippen LogP contribution is 2.42. The molecule has 2 heterocycles. The van der Waals surface area contributed by atoms with Crippen LogP contribution in [0.3, 0.4) is 0 Å². The van der Waals surface area contributed by atoms with Crippen LogP contribution in [0.5, 0.6) is 17.2 Å². The van der Waals surface area contributed by atoms with Gasteiger partial charge in [0, 0.05) is 27.1 Å². The lowest BCUT2D eigenvalue weighted by Gasteiger charge is -2.13. The molecule has 10 heteroatoms. The number of benzene rings is 2. The summed E-state index contributed by atoms with van der Waals surface area (Å²) in [5.74, 6) is 1.97. The zero-order valence-corrected chi connectivity index (χ0v) is 24.6. The molecule has 0 atom stereocenters. The van der Waals surface area contributed by atoms with E-state index in [4.69, 9.17) is 18.6 Å². The summed E-state index contributed by atoms with van der Waals surface area (Å²) in [5.41, 5.74) is 6.56. The molecule has 1 N–H and O–H groups in total. The summed E-state index contributed by atoms with van der Waals surface area (Å²) >= 11 is 7.00. The number of aryl methyl sites for hydroxylation is 2. The molecule has 2 aromatic heterocycles. The van der Waals surface area contributed by atoms with Crippen molar-refractivity contribution >= 4 is 44.0 Å². The van der Waals surface area contributed by atoms with Gasteiger partial charge < -0.3 is 23.2 Å². The number of nitrogens with zero attached hydrogens (tertiary/aromatic N) is 2. The quantitative estimate of drug-likeness (QED) is 0.149. The Kier molecular flexibility index (Phi) is 8.96. The zero-order valence-electron chi connectivity index (χ0n) is 21.4. The van der Waals surface area contributed by atoms with Crippen LogP contribution >= 0.6 is 31.9 Å². The molecule has 0 bridgehead atoms. The molecule has 0 fully saturated rings. The van der Waals surface area contributed by atoms with Gasteiger partial charge in [-0.15, -0.1) is 0 Å². The highest BCUT2D eigenvalue weighted by molar-refractivity contribution is 9.13. The minimum absolute atomic E-state index is 0.125. The van der Waals surface area contributed by atoms with Crippen molar-refractivity contribution in [2.45, 2.75) is 27.4 Å². The SMILES string of the molecule is CCOc1cc(/C=N/NC(=O)c2ccc(COc3ccc(-n4c(C)ccc4C)cc3)o2)c(Br)c(Br)c1OC. The Bertz CT molecular complexity index is 1440. The van der Waals surface area contributed by atoms with Crippen LogP contribution in [0.1, 0.15) is 40.2 Å². The number of hydrogen-bond acceptors (Lipinski definition) is 6. The van der Waals surface area contributed by atoms with Crippen molar-refractivity contribution in [3.8, 4) is 22.9 Å². The maximum Gasteiger partial charge on any atom is 0.307 e. The number of furan rings is 1. The fourth-order valence-corrected chi connectivity index (χ4v) is 4.85. The molecule has 0 spiro atoms. The third-order valence-electron chi connectivity index (χ3n) is 5.66. The number of ether oxygens (including phenoxy) is 3. The van der Waals surface area contributed by atoms with Crippen LogP contribution in [0.2, 0.25) is 0 Å². The molecule has 198 valence electrons. The van der Waals surface area contributed by atoms with E-state index in [2.05, 4.69) is 72.9 Å². The summed E-state index contributed by atoms with van der Waals surface area (Å²) in [4.78, 5) is 12.5. The molecular formula is C28H27Br2N3O5. The Morgan fingerprint density at radius 2 is 1.74 bits per heavy atom. The van der Waals surface area contributed by atoms with Gasteiger partial charge in [0.15, 0.2) is 17.3 Å². The van der Waals surface area contributed by atoms with Gasteiger partial charge in [-0.25, -0.2) is 5.43 Å². The molecule has 38 heavy (non-hydrogen) atoms. The predicted molar refractivity (Wildman–Crippen MR) is 153 cm³/mol. The van der Waals surface area contributed by atoms with Crippen LogP contribution in [-0.4, -0.2) is 30.4 Å². The van der Waals surface area contributed by atoms with Crippen molar-refractivity contribution in [1.82, 2.24) is 9.99 Å². The molecule has 0 aliphatic carbocycles. The number of amides is 1. The molecule has 0 unspecified atom stereocenters. The largest absolute Gasteiger partial charge is 0.492 e. The van der Waals surface area contributed by atoms with Crippen LogP contribution in [0.15, 0.2) is 73.1 Å². The molecule has 1 amide bonds. The van der Waals surface area contributed by atoms with Crippen LogP contribution in [0.4, 0.5) is 0 Å². The number of carbonyl (C=O) groups excluding carboxylic acids is 1. The van der Waals surface area contributed by atoms with Gasteiger partial charge in [-0.05, 0) is 107 Å². The predicted octanol–water partition coefficient (Wildman–Crippen LogP) is 6.96. The van der Waals surface area contributed by atoms with Crippen LogP contribution in [0, 0.1) is 13.8 Å². The number of halogens is 2. The van der Waals surface area contributed by atoms with Crippen molar-refractivity contribution < 1.29 is 23.4 Å². The lowest BCUT2D eigenvalue weighted by atomic mass is 10.2. The topological polar surface area (TPSA) is 87.2 Å². The second-order valence-electron chi connectivity index (χ2n) is 8.26. The molecule has 4 rings (SSSR count). The molecule has 2 aromatic carbocycles. The Hall–Kier alpha value is -3.50. The molecular weight excluding hydrogens is 618 g/mol. The smallest absolute Gasteiger partial charge is 0.307 e. The van der Waals surface area contributed by atoms with Crippen LogP contribution < -0.4 is 19.6 Å². The van der Waals surface area contributed by atoms with E-state index in [0.29, 0.717) is 44.1 Å². The number of nitrogens with one attached hydrogen (secondary N) is 1. The fourth-order valence-electron chi connectivity index (χ4n) is 3.87. The minimum atomic E-state index is -0.483. The molecule has 0 radical (unpaired) electrons. The van der Waals surface area contributed by atoms with Gasteiger partial charge in [-0.3, -0.25) is 4.79 Å². The van der Waals surface area contributed by atoms with Crippen molar-refractivity contribution in [3.63, 3.8) is 0 Å². The monoisotopic (exact) mass is 643 g/mol. The number of aromatic nitrogens is 1. The number of methoxy groups -OCH3 is 1. The van der Waals surface area contributed by atoms with E-state index in [9.17, 15) is 4.79 Å². The van der Waals surface area contributed by atoms with Crippen LogP contribution in [0.25, 0.3) is 5.69 Å². The van der Waals surface area contributed by atoms with Gasteiger partial charge >= 0.3 is 5.91 Å². The summed E-state index contributed by atoms with van der Waals surface area (Å²) in [6.45, 7) is 6.69. The van der Waals surface area contributed by atoms with E-state index >= 15 is 0 Å². The van der Waals surface area contributed by atoms with E-state index in [1.54, 1.807) is 25.3 Å². The maximum atomic E-state index is 12.5. The first kappa shape index (κ1) is 27.5. The number of rotatable bonds is 10. The van der Waals surface area contributed by atoms with Crippen molar-refractivity contribution in [2.75, 3.05) is 13.7 Å². The van der Waals surface area contributed by atoms with E-state index in [1.165, 1.54) is 17.6 Å². The van der Waals surface area contributed by atoms with Gasteiger partial charge in [-0.2, -0.15) is 5.10 Å². The summed E-state index contributed by atoms with van der Waals surface area (Å²) in [6, 6.07) is 17.1. The van der Waals surface area contributed by atoms with Gasteiger partial charge in [0.1, 0.15) is 18.1 Å². The lowest BCUT2D eigenvalue weighted by molar-refractivity contribution is 0.0923. The Balaban J connectivity index is 1.35. The maximum absolute atomic E-state index is 12.5. The first-order chi connectivity index (χ1) is 18.3. The lowest BCUT2D eigenvalue weighted by Crippen LogP contribution is -2.16. The highest BCUT2D eigenvalue weighted by atomic mass is 79.9. The molecule has 4 aromatic rings. The third kappa shape index (κ3) is 6.14. The molecule has 0 saturated heterocycles. The van der Waals surface area contributed by atoms with Crippen molar-refractivity contribution in [3.05, 3.63) is 92.0 Å². The molecule has 8 nitrogen and oxygen atoms in total. The van der Waals surface area contributed by atoms with E-state index in [1.807, 2.05) is 31.2 Å². The fraction of sp³-hybridized carbons (Fsp3) is 0.214. The van der Waals surface area contributed by atoms with Crippen molar-refractivity contribution in [1.29, 1.82) is 0 Å². The highest BCUT2D eigenvalue weighted by Gasteiger charge is 2.16. The van der Waals surface area contributed by atoms with Crippen LogP contribution in [-0.2, 0) is 6.61 Å². The Labute approximate surface area is 237 Å². The first-order valence-corrected chi connectivity index (χ1v) is 13.4. The summed E-state index contributed by atoms with van der Waals surface area (Å²) in [6.07, 6.45) is 1.50. The van der Waals surface area contributed by atoms with Gasteiger partial charge in [-0.1, -0.05) is 0 Å². The average Bonchev–Trinajstić information content (AvgIpc) is 3.52. The van der Waals surface area contributed by atoms with Gasteiger partial charge in [0.2, 0.25) is 0 Å². The molecule has 0 aliphatic rings. The minimum Gasteiger partial charge on any atom is -0.492 e. The van der Waals surface area contributed by atoms with Gasteiger partial charge in [0.25, 0.3) is 0 Å². The van der Waals surface area contributed by atoms with Crippen molar-refractivity contribution in [2.24, 2.45) is 5.10 Å². The normalized spacial score (nSPS) is 11.1. The zero-order chi connectivity index (χ0) is 27.2. The molecule has 0 aliphatic heterocycles. The third-order valence-corrected chi connectivity index (χ3v) is 7.81. The molecule has 0 saturated carbocycles. The summed E-state index contributed by atoms with van der Waals surface area (Å²) in [5, 5.41) is 4.06. The summed E-state index contributed by atoms with van der Waals surface area (Å²) in [7, 11) is 1.56. The average molecular weight is 645 g/mol. The number of carbonyl (C=O) groups is 1. The van der Waals surface area contributed by atoms with E-state index in [0.717, 1.165) is 5.69 Å². The standard InChI is InChI=1S/C28H27Br2N3O5/c1-5-36-24-14-19(25(29)26(30)27(24)35-4)15-31-32-28(34)23-13-12-22(38-23)16-37-21-10-8-20(9-11-21)33-17(2)6-7-18(33)3/h6-15H,5,16H2,1-4H3,(H,32,34)/b31-15+. The van der Waals surface area contributed by atoms with E-state index in [-0.39, 0.29) is 12.4 Å². The number of hydrogen-bond donors (Lipinski definition) is 1. The van der Waals surface area contributed by atoms with Gasteiger partial charge in [0.05, 0.1) is 24.4 Å². The second-order valence-corrected chi connectivity index (χ2v) is 9.84.